The van der Waals surface area contributed by atoms with Gasteiger partial charge in [-0.05, 0) is 17.2 Å². The number of amides is 1. The average molecular weight is 387 g/mol. The predicted molar refractivity (Wildman–Crippen MR) is 111 cm³/mol. The number of H-pyrrole nitrogens is 1. The van der Waals surface area contributed by atoms with Crippen LogP contribution >= 0.6 is 0 Å². The molecule has 3 aromatic rings. The van der Waals surface area contributed by atoms with Crippen LogP contribution in [0.2, 0.25) is 0 Å². The maximum Gasteiger partial charge on any atom is 0.250 e. The van der Waals surface area contributed by atoms with Crippen molar-refractivity contribution in [2.24, 2.45) is 11.1 Å². The van der Waals surface area contributed by atoms with Gasteiger partial charge in [-0.1, -0.05) is 45.0 Å². The lowest BCUT2D eigenvalue weighted by molar-refractivity contribution is -0.114. The van der Waals surface area contributed by atoms with Crippen LogP contribution in [-0.4, -0.2) is 26.6 Å². The number of aromatic amines is 1. The Morgan fingerprint density at radius 2 is 1.93 bits per heavy atom. The number of Topliss-reactive ketones (excluding diaryl/α,β-unsaturated/α-hetero) is 1. The molecule has 0 aliphatic carbocycles. The monoisotopic (exact) mass is 387 g/mol. The van der Waals surface area contributed by atoms with Gasteiger partial charge in [0.1, 0.15) is 5.52 Å². The van der Waals surface area contributed by atoms with Crippen LogP contribution < -0.4 is 5.73 Å². The van der Waals surface area contributed by atoms with Crippen molar-refractivity contribution in [2.75, 3.05) is 0 Å². The number of carbonyl (C=O) groups excluding carboxylic acids is 2. The van der Waals surface area contributed by atoms with Crippen molar-refractivity contribution in [3.63, 3.8) is 0 Å². The molecule has 0 aliphatic heterocycles. The van der Waals surface area contributed by atoms with Crippen molar-refractivity contribution in [2.45, 2.75) is 27.2 Å². The van der Waals surface area contributed by atoms with Crippen molar-refractivity contribution >= 4 is 28.9 Å². The van der Waals surface area contributed by atoms with E-state index in [-0.39, 0.29) is 11.5 Å². The summed E-state index contributed by atoms with van der Waals surface area (Å²) >= 11 is 0. The fourth-order valence-corrected chi connectivity index (χ4v) is 2.85. The Balaban J connectivity index is 1.86. The molecule has 0 fully saturated rings. The molecule has 3 rings (SSSR count). The number of fused-ring (bicyclic) bond motifs is 1. The van der Waals surface area contributed by atoms with E-state index in [9.17, 15) is 9.59 Å². The van der Waals surface area contributed by atoms with E-state index in [1.165, 1.54) is 6.08 Å². The number of nitrogens with zero attached hydrogens (tertiary/aromatic N) is 3. The molecule has 0 saturated heterocycles. The summed E-state index contributed by atoms with van der Waals surface area (Å²) in [5.41, 5.74) is 8.67. The highest BCUT2D eigenvalue weighted by Gasteiger charge is 2.26. The van der Waals surface area contributed by atoms with Gasteiger partial charge < -0.3 is 10.7 Å². The standard InChI is InChI=1S/C22H21N5O2/c1-22(2,3)19(28)16-12-26-21-18(16)27-15(11-25-21)9-13-5-7-14(8-6-13)10-17(24-4)20(23)29/h5-8,10-12H,9H2,1-3H3,(H2,23,29)(H,25,26). The summed E-state index contributed by atoms with van der Waals surface area (Å²) < 4.78 is 0. The van der Waals surface area contributed by atoms with Gasteiger partial charge in [-0.25, -0.2) is 14.8 Å². The summed E-state index contributed by atoms with van der Waals surface area (Å²) in [7, 11) is 0. The minimum absolute atomic E-state index is 0.0106. The molecule has 7 nitrogen and oxygen atoms in total. The first-order valence-electron chi connectivity index (χ1n) is 9.05. The second kappa shape index (κ2) is 7.68. The van der Waals surface area contributed by atoms with Crippen molar-refractivity contribution in [1.29, 1.82) is 0 Å². The first kappa shape index (κ1) is 20.0. The highest BCUT2D eigenvalue weighted by molar-refractivity contribution is 6.08. The number of aromatic nitrogens is 3. The normalized spacial score (nSPS) is 12.0. The highest BCUT2D eigenvalue weighted by atomic mass is 16.1. The van der Waals surface area contributed by atoms with E-state index >= 15 is 0 Å². The molecule has 0 aliphatic rings. The third-order valence-electron chi connectivity index (χ3n) is 4.40. The first-order chi connectivity index (χ1) is 13.7. The fraction of sp³-hybridized carbons (Fsp3) is 0.227. The van der Waals surface area contributed by atoms with Crippen molar-refractivity contribution in [3.05, 3.63) is 76.2 Å². The molecule has 29 heavy (non-hydrogen) atoms. The maximum absolute atomic E-state index is 12.7. The van der Waals surface area contributed by atoms with E-state index in [1.807, 2.05) is 32.9 Å². The first-order valence-corrected chi connectivity index (χ1v) is 9.05. The number of hydrogen-bond donors (Lipinski definition) is 2. The quantitative estimate of drug-likeness (QED) is 0.397. The SMILES string of the molecule is [C-]#[N+]C(=Cc1ccc(Cc2cnc3[nH]cc(C(=O)C(C)(C)C)c3n2)cc1)C(N)=O. The van der Waals surface area contributed by atoms with Crippen LogP contribution in [0.3, 0.4) is 0 Å². The lowest BCUT2D eigenvalue weighted by Crippen LogP contribution is -2.20. The fourth-order valence-electron chi connectivity index (χ4n) is 2.85. The summed E-state index contributed by atoms with van der Waals surface area (Å²) in [5.74, 6) is -0.740. The number of rotatable bonds is 5. The lowest BCUT2D eigenvalue weighted by Gasteiger charge is -2.15. The molecule has 0 atom stereocenters. The lowest BCUT2D eigenvalue weighted by atomic mass is 9.87. The molecule has 146 valence electrons. The molecule has 7 heteroatoms. The minimum Gasteiger partial charge on any atom is -0.375 e. The zero-order valence-corrected chi connectivity index (χ0v) is 16.5. The average Bonchev–Trinajstić information content (AvgIpc) is 3.08. The number of benzene rings is 1. The number of nitrogens with one attached hydrogen (secondary N) is 1. The smallest absolute Gasteiger partial charge is 0.250 e. The predicted octanol–water partition coefficient (Wildman–Crippen LogP) is 3.52. The molecular formula is C22H21N5O2. The molecule has 0 radical (unpaired) electrons. The van der Waals surface area contributed by atoms with E-state index in [2.05, 4.69) is 19.8 Å². The van der Waals surface area contributed by atoms with E-state index < -0.39 is 11.3 Å². The van der Waals surface area contributed by atoms with Gasteiger partial charge in [-0.3, -0.25) is 9.59 Å². The van der Waals surface area contributed by atoms with Gasteiger partial charge in [-0.2, -0.15) is 0 Å². The van der Waals surface area contributed by atoms with Crippen LogP contribution in [-0.2, 0) is 11.2 Å². The van der Waals surface area contributed by atoms with Gasteiger partial charge in [0.2, 0.25) is 11.6 Å². The van der Waals surface area contributed by atoms with Gasteiger partial charge in [0, 0.05) is 18.0 Å². The molecular weight excluding hydrogens is 366 g/mol. The Morgan fingerprint density at radius 3 is 2.52 bits per heavy atom. The Hall–Kier alpha value is -3.79. The van der Waals surface area contributed by atoms with Crippen LogP contribution in [0.5, 0.6) is 0 Å². The van der Waals surface area contributed by atoms with Gasteiger partial charge in [0.25, 0.3) is 0 Å². The van der Waals surface area contributed by atoms with Crippen LogP contribution in [0.15, 0.2) is 42.4 Å². The summed E-state index contributed by atoms with van der Waals surface area (Å²) in [5, 5.41) is 0. The highest BCUT2D eigenvalue weighted by Crippen LogP contribution is 2.25. The largest absolute Gasteiger partial charge is 0.375 e. The number of carbonyl (C=O) groups is 2. The van der Waals surface area contributed by atoms with Crippen LogP contribution in [0.4, 0.5) is 0 Å². The van der Waals surface area contributed by atoms with Gasteiger partial charge in [0.05, 0.1) is 24.0 Å². The molecule has 0 saturated carbocycles. The topological polar surface area (TPSA) is 106 Å². The third-order valence-corrected chi connectivity index (χ3v) is 4.40. The molecule has 0 bridgehead atoms. The molecule has 2 aromatic heterocycles. The zero-order chi connectivity index (χ0) is 21.2. The van der Waals surface area contributed by atoms with Crippen molar-refractivity contribution in [1.82, 2.24) is 15.0 Å². The molecule has 0 spiro atoms. The van der Waals surface area contributed by atoms with Crippen molar-refractivity contribution < 1.29 is 9.59 Å². The summed E-state index contributed by atoms with van der Waals surface area (Å²) in [6.07, 6.45) is 5.33. The van der Waals surface area contributed by atoms with Gasteiger partial charge >= 0.3 is 0 Å². The van der Waals surface area contributed by atoms with E-state index in [0.717, 1.165) is 11.3 Å². The Morgan fingerprint density at radius 1 is 1.24 bits per heavy atom. The Bertz CT molecular complexity index is 1160. The molecule has 3 N–H and O–H groups in total. The Kier molecular flexibility index (Phi) is 5.29. The summed E-state index contributed by atoms with van der Waals surface area (Å²) in [4.78, 5) is 39.0. The van der Waals surface area contributed by atoms with E-state index in [0.29, 0.717) is 28.7 Å². The van der Waals surface area contributed by atoms with Gasteiger partial charge in [-0.15, -0.1) is 0 Å². The summed E-state index contributed by atoms with van der Waals surface area (Å²) in [6, 6.07) is 7.39. The molecule has 0 unspecified atom stereocenters. The number of nitrogens with two attached hydrogens (primary N) is 1. The zero-order valence-electron chi connectivity index (χ0n) is 16.5. The van der Waals surface area contributed by atoms with Gasteiger partial charge in [0.15, 0.2) is 11.4 Å². The Labute approximate surface area is 168 Å². The second-order valence-electron chi connectivity index (χ2n) is 7.76. The number of hydrogen-bond acceptors (Lipinski definition) is 4. The van der Waals surface area contributed by atoms with Crippen LogP contribution in [0, 0.1) is 12.0 Å². The number of ketones is 1. The molecule has 2 heterocycles. The van der Waals surface area contributed by atoms with Crippen molar-refractivity contribution in [3.8, 4) is 0 Å². The molecule has 1 amide bonds. The van der Waals surface area contributed by atoms with E-state index in [4.69, 9.17) is 12.3 Å². The molecule has 1 aromatic carbocycles. The second-order valence-corrected chi connectivity index (χ2v) is 7.76. The number of primary amides is 1. The van der Waals surface area contributed by atoms with E-state index in [1.54, 1.807) is 24.5 Å². The maximum atomic E-state index is 12.7. The third kappa shape index (κ3) is 4.38. The summed E-state index contributed by atoms with van der Waals surface area (Å²) in [6.45, 7) is 12.6. The minimum atomic E-state index is -0.750. The van der Waals surface area contributed by atoms with Crippen LogP contribution in [0.25, 0.3) is 22.1 Å². The van der Waals surface area contributed by atoms with Crippen LogP contribution in [0.1, 0.15) is 48.0 Å².